The average Bonchev–Trinajstić information content (AvgIpc) is 3.50. The van der Waals surface area contributed by atoms with E-state index in [1.165, 1.54) is 0 Å². The summed E-state index contributed by atoms with van der Waals surface area (Å²) >= 11 is 0. The highest BCUT2D eigenvalue weighted by molar-refractivity contribution is 8.34. The van der Waals surface area contributed by atoms with E-state index in [1.807, 2.05) is 0 Å². The minimum Gasteiger partial charge on any atom is -0.369 e. The van der Waals surface area contributed by atoms with Gasteiger partial charge in [0.2, 0.25) is 0 Å². The molecule has 2 saturated heterocycles. The van der Waals surface area contributed by atoms with E-state index >= 15 is 0 Å². The van der Waals surface area contributed by atoms with Crippen LogP contribution in [0.1, 0.15) is 0 Å². The molecular formula is C17H16F18O9S4. The number of ketones is 1. The summed E-state index contributed by atoms with van der Waals surface area (Å²) in [5.74, 6) is -41.3. The number of hydrogen-bond donors (Lipinski definition) is 0. The minimum absolute atomic E-state index is 0.820. The van der Waals surface area contributed by atoms with Gasteiger partial charge < -0.3 is 9.47 Å². The van der Waals surface area contributed by atoms with E-state index in [2.05, 4.69) is 16.7 Å². The number of Topliss-reactive ketones (excluding diaryl/α,β-unsaturated/α-hetero) is 1. The van der Waals surface area contributed by atoms with E-state index in [-0.39, 0.29) is 0 Å². The number of ether oxygens (including phenoxy) is 2. The van der Waals surface area contributed by atoms with E-state index in [0.29, 0.717) is 0 Å². The molecule has 2 rings (SSSR count). The molecule has 2 unspecified atom stereocenters. The van der Waals surface area contributed by atoms with Crippen LogP contribution in [-0.2, 0) is 41.8 Å². The molecule has 0 N–H and O–H groups in total. The number of halogens is 18. The largest absolute Gasteiger partial charge is 0.460 e. The van der Waals surface area contributed by atoms with E-state index in [0.717, 1.165) is 0 Å². The summed E-state index contributed by atoms with van der Waals surface area (Å²) in [7, 11) is -24.0. The van der Waals surface area contributed by atoms with Gasteiger partial charge in [-0.2, -0.15) is 95.9 Å². The molecule has 9 nitrogen and oxygen atoms in total. The summed E-state index contributed by atoms with van der Waals surface area (Å²) < 4.78 is 304. The fourth-order valence-electron chi connectivity index (χ4n) is 3.47. The Hall–Kier alpha value is -1.15. The number of alkyl halides is 18. The molecule has 31 heteroatoms. The van der Waals surface area contributed by atoms with Crippen molar-refractivity contribution in [2.45, 2.75) is 46.6 Å². The maximum Gasteiger partial charge on any atom is 0.460 e. The number of rotatable bonds is 14. The topological polar surface area (TPSA) is 122 Å². The summed E-state index contributed by atoms with van der Waals surface area (Å²) in [6.07, 6.45) is -15.0. The first-order chi connectivity index (χ1) is 20.9. The fraction of sp³-hybridized carbons (Fsp3) is 0.941. The van der Waals surface area contributed by atoms with Crippen LogP contribution in [0.2, 0.25) is 0 Å². The van der Waals surface area contributed by atoms with Gasteiger partial charge in [-0.15, -0.1) is 0 Å². The van der Waals surface area contributed by atoms with Gasteiger partial charge in [0.15, 0.2) is 5.78 Å². The Balaban J connectivity index is 2.43. The van der Waals surface area contributed by atoms with Crippen molar-refractivity contribution in [3.8, 4) is 0 Å². The van der Waals surface area contributed by atoms with Crippen LogP contribution in [0.25, 0.3) is 0 Å². The first kappa shape index (κ1) is 43.0. The van der Waals surface area contributed by atoms with Crippen LogP contribution in [0.15, 0.2) is 0 Å². The second-order valence-corrected chi connectivity index (χ2v) is 19.3. The molecule has 0 radical (unpaired) electrons. The molecule has 2 aliphatic heterocycles. The minimum atomic E-state index is -7.78. The lowest BCUT2D eigenvalue weighted by Crippen LogP contribution is -2.63. The van der Waals surface area contributed by atoms with Gasteiger partial charge in [-0.1, -0.05) is 20.6 Å². The van der Waals surface area contributed by atoms with E-state index in [4.69, 9.17) is 0 Å². The average molecular weight is 835 g/mol. The van der Waals surface area contributed by atoms with Gasteiger partial charge in [0.1, 0.15) is 0 Å². The maximum absolute atomic E-state index is 14.2. The molecular weight excluding hydrogens is 818 g/mol. The van der Waals surface area contributed by atoms with Crippen molar-refractivity contribution in [3.63, 3.8) is 0 Å². The molecule has 0 bridgehead atoms. The van der Waals surface area contributed by atoms with Crippen molar-refractivity contribution < 1.29 is 117 Å². The number of hydrogen-bond acceptors (Lipinski definition) is 9. The van der Waals surface area contributed by atoms with E-state index in [9.17, 15) is 101 Å². The summed E-state index contributed by atoms with van der Waals surface area (Å²) in [4.78, 5) is 12.8. The summed E-state index contributed by atoms with van der Waals surface area (Å²) in [5, 5.41) is -14.8. The van der Waals surface area contributed by atoms with Crippen LogP contribution in [0.3, 0.4) is 0 Å². The highest BCUT2D eigenvalue weighted by Crippen LogP contribution is 2.63. The van der Waals surface area contributed by atoms with Gasteiger partial charge >= 0.3 is 66.8 Å². The molecule has 48 heavy (non-hydrogen) atoms. The van der Waals surface area contributed by atoms with Crippen molar-refractivity contribution in [2.75, 3.05) is 48.1 Å². The van der Waals surface area contributed by atoms with Crippen molar-refractivity contribution in [1.82, 2.24) is 0 Å². The van der Waals surface area contributed by atoms with Gasteiger partial charge in [0, 0.05) is 11.5 Å². The maximum atomic E-state index is 14.2. The smallest absolute Gasteiger partial charge is 0.369 e. The van der Waals surface area contributed by atoms with Crippen molar-refractivity contribution in [3.05, 3.63) is 0 Å². The molecule has 0 saturated carbocycles. The lowest BCUT2D eigenvalue weighted by atomic mass is 10.1. The third kappa shape index (κ3) is 7.02. The van der Waals surface area contributed by atoms with Crippen LogP contribution in [0.4, 0.5) is 79.0 Å². The highest BCUT2D eigenvalue weighted by Gasteiger charge is 2.87. The molecule has 0 aromatic carbocycles. The summed E-state index contributed by atoms with van der Waals surface area (Å²) in [5.41, 5.74) is 0. The molecule has 0 aromatic rings. The monoisotopic (exact) mass is 834 g/mol. The molecule has 0 amide bonds. The summed E-state index contributed by atoms with van der Waals surface area (Å²) in [6, 6.07) is 0. The second-order valence-electron chi connectivity index (χ2n) is 9.59. The first-order valence-corrected chi connectivity index (χ1v) is 18.4. The molecule has 0 aromatic heterocycles. The molecule has 0 spiro atoms. The Morgan fingerprint density at radius 1 is 0.521 bits per heavy atom. The van der Waals surface area contributed by atoms with E-state index < -0.39 is 141 Å². The summed E-state index contributed by atoms with van der Waals surface area (Å²) in [6.45, 7) is -1.64. The van der Waals surface area contributed by atoms with Gasteiger partial charge in [0.25, 0.3) is 0 Å². The zero-order chi connectivity index (χ0) is 38.1. The molecule has 2 aliphatic rings. The van der Waals surface area contributed by atoms with Crippen molar-refractivity contribution in [1.29, 1.82) is 0 Å². The molecule has 2 atom stereocenters. The van der Waals surface area contributed by atoms with Crippen LogP contribution in [0.5, 0.6) is 0 Å². The molecule has 0 aliphatic carbocycles. The zero-order valence-corrected chi connectivity index (χ0v) is 25.5. The van der Waals surface area contributed by atoms with Gasteiger partial charge in [0.05, 0.1) is 36.6 Å². The molecule has 2 heterocycles. The quantitative estimate of drug-likeness (QED) is 0.209. The number of carbonyl (C=O) groups is 1. The Kier molecular flexibility index (Phi) is 11.2. The van der Waals surface area contributed by atoms with Gasteiger partial charge in [-0.25, -0.2) is 7.26 Å². The standard InChI is InChI=1S/C17H16F18O9S4/c18-10(19,14(26,27)28)12(22,23)16(32,33)47(37,38)43-45(3-1-41-7-45)5-9(36)6-46(4-2-42-8-46)44-48(39,40)17(34,35)13(24,25)11(20,21)15(29,30)31/h1-8H2. The van der Waals surface area contributed by atoms with Crippen LogP contribution in [0, 0.1) is 0 Å². The molecule has 2 fully saturated rings. The van der Waals surface area contributed by atoms with Crippen LogP contribution in [-0.4, -0.2) is 117 Å². The first-order valence-electron chi connectivity index (χ1n) is 11.4. The van der Waals surface area contributed by atoms with Crippen molar-refractivity contribution in [2.24, 2.45) is 0 Å². The normalized spacial score (nSPS) is 27.4. The zero-order valence-electron chi connectivity index (χ0n) is 22.3. The Morgan fingerprint density at radius 2 is 0.792 bits per heavy atom. The van der Waals surface area contributed by atoms with Crippen LogP contribution >= 0.6 is 20.6 Å². The lowest BCUT2D eigenvalue weighted by Gasteiger charge is -2.38. The van der Waals surface area contributed by atoms with Gasteiger partial charge in [-0.3, -0.25) is 4.79 Å². The fourth-order valence-corrected chi connectivity index (χ4v) is 13.2. The predicted octanol–water partition coefficient (Wildman–Crippen LogP) is 5.51. The van der Waals surface area contributed by atoms with E-state index in [1.54, 1.807) is 0 Å². The third-order valence-electron chi connectivity index (χ3n) is 5.97. The Morgan fingerprint density at radius 3 is 1.00 bits per heavy atom. The predicted molar refractivity (Wildman–Crippen MR) is 123 cm³/mol. The third-order valence-corrected chi connectivity index (χ3v) is 16.2. The lowest BCUT2D eigenvalue weighted by molar-refractivity contribution is -0.382. The molecule has 288 valence electrons. The van der Waals surface area contributed by atoms with Crippen molar-refractivity contribution >= 4 is 46.6 Å². The highest BCUT2D eigenvalue weighted by atomic mass is 32.3. The second kappa shape index (κ2) is 12.5. The Bertz CT molecular complexity index is 1330. The van der Waals surface area contributed by atoms with Gasteiger partial charge in [-0.05, 0) is 0 Å². The SMILES string of the molecule is O=C(CS1(OS(=O)(=O)C(F)(F)C(F)(F)C(F)(F)C(F)(F)F)CCOC1)CS1(OS(=O)(=O)C(F)(F)C(F)(F)C(F)(F)C(F)(F)F)CCOC1. The van der Waals surface area contributed by atoms with Crippen LogP contribution < -0.4 is 0 Å². The number of carbonyl (C=O) groups excluding carboxylic acids is 1. The Labute approximate surface area is 258 Å².